The SMILES string of the molecule is CC(C)NC(=O)CNC(=O)c1occc1CSc1ccccc1. The third-order valence-corrected chi connectivity index (χ3v) is 4.01. The Labute approximate surface area is 139 Å². The van der Waals surface area contributed by atoms with Crippen LogP contribution in [0.5, 0.6) is 0 Å². The van der Waals surface area contributed by atoms with Crippen LogP contribution in [0, 0.1) is 0 Å². The molecule has 0 spiro atoms. The fourth-order valence-corrected chi connectivity index (χ4v) is 2.84. The highest BCUT2D eigenvalue weighted by Crippen LogP contribution is 2.24. The van der Waals surface area contributed by atoms with E-state index < -0.39 is 0 Å². The molecule has 5 nitrogen and oxygen atoms in total. The summed E-state index contributed by atoms with van der Waals surface area (Å²) in [4.78, 5) is 24.8. The number of carbonyl (C=O) groups excluding carboxylic acids is 2. The standard InChI is InChI=1S/C17H20N2O3S/c1-12(2)19-15(20)10-18-17(21)16-13(8-9-22-16)11-23-14-6-4-3-5-7-14/h3-9,12H,10-11H2,1-2H3,(H,18,21)(H,19,20). The Bertz CT molecular complexity index is 653. The third-order valence-electron chi connectivity index (χ3n) is 2.95. The molecule has 0 saturated carbocycles. The van der Waals surface area contributed by atoms with Gasteiger partial charge in [-0.2, -0.15) is 0 Å². The molecule has 1 heterocycles. The molecule has 2 N–H and O–H groups in total. The first-order valence-corrected chi connectivity index (χ1v) is 8.36. The topological polar surface area (TPSA) is 71.3 Å². The van der Waals surface area contributed by atoms with Crippen LogP contribution >= 0.6 is 11.8 Å². The number of hydrogen-bond donors (Lipinski definition) is 2. The summed E-state index contributed by atoms with van der Waals surface area (Å²) in [6.07, 6.45) is 1.49. The Kier molecular flexibility index (Phi) is 6.29. The van der Waals surface area contributed by atoms with Crippen LogP contribution in [0.25, 0.3) is 0 Å². The summed E-state index contributed by atoms with van der Waals surface area (Å²) >= 11 is 1.62. The van der Waals surface area contributed by atoms with Crippen molar-refractivity contribution in [2.75, 3.05) is 6.54 Å². The summed E-state index contributed by atoms with van der Waals surface area (Å²) in [5, 5.41) is 5.29. The number of hydrogen-bond acceptors (Lipinski definition) is 4. The highest BCUT2D eigenvalue weighted by atomic mass is 32.2. The molecule has 0 fully saturated rings. The maximum absolute atomic E-state index is 12.1. The minimum absolute atomic E-state index is 0.0425. The first-order valence-electron chi connectivity index (χ1n) is 7.38. The monoisotopic (exact) mass is 332 g/mol. The van der Waals surface area contributed by atoms with Gasteiger partial charge >= 0.3 is 0 Å². The molecular weight excluding hydrogens is 312 g/mol. The molecule has 0 aliphatic heterocycles. The number of amides is 2. The van der Waals surface area contributed by atoms with E-state index in [2.05, 4.69) is 10.6 Å². The van der Waals surface area contributed by atoms with Crippen molar-refractivity contribution in [2.45, 2.75) is 30.5 Å². The van der Waals surface area contributed by atoms with Gasteiger partial charge in [0.25, 0.3) is 5.91 Å². The summed E-state index contributed by atoms with van der Waals surface area (Å²) in [6.45, 7) is 3.67. The minimum Gasteiger partial charge on any atom is -0.459 e. The molecule has 2 aromatic rings. The second kappa shape index (κ2) is 8.43. The number of furan rings is 1. The quantitative estimate of drug-likeness (QED) is 0.765. The van der Waals surface area contributed by atoms with Crippen molar-refractivity contribution < 1.29 is 14.0 Å². The second-order valence-electron chi connectivity index (χ2n) is 5.28. The van der Waals surface area contributed by atoms with Crippen molar-refractivity contribution in [3.05, 3.63) is 54.0 Å². The van der Waals surface area contributed by atoms with Gasteiger partial charge in [-0.1, -0.05) is 18.2 Å². The van der Waals surface area contributed by atoms with Gasteiger partial charge in [0.1, 0.15) is 0 Å². The van der Waals surface area contributed by atoms with Gasteiger partial charge in [0.05, 0.1) is 12.8 Å². The lowest BCUT2D eigenvalue weighted by atomic mass is 10.2. The lowest BCUT2D eigenvalue weighted by molar-refractivity contribution is -0.120. The number of nitrogens with one attached hydrogen (secondary N) is 2. The van der Waals surface area contributed by atoms with Gasteiger partial charge in [-0.05, 0) is 32.0 Å². The highest BCUT2D eigenvalue weighted by molar-refractivity contribution is 7.98. The van der Waals surface area contributed by atoms with Crippen LogP contribution in [0.1, 0.15) is 30.0 Å². The molecule has 1 aromatic carbocycles. The summed E-state index contributed by atoms with van der Waals surface area (Å²) in [7, 11) is 0. The first kappa shape index (κ1) is 17.1. The van der Waals surface area contributed by atoms with Gasteiger partial charge in [0, 0.05) is 22.3 Å². The van der Waals surface area contributed by atoms with Crippen LogP contribution in [0.15, 0.2) is 52.0 Å². The largest absolute Gasteiger partial charge is 0.459 e. The number of rotatable bonds is 7. The second-order valence-corrected chi connectivity index (χ2v) is 6.33. The van der Waals surface area contributed by atoms with Crippen LogP contribution in [0.4, 0.5) is 0 Å². The predicted octanol–water partition coefficient (Wildman–Crippen LogP) is 2.83. The van der Waals surface area contributed by atoms with E-state index in [1.54, 1.807) is 17.8 Å². The average Bonchev–Trinajstić information content (AvgIpc) is 2.99. The molecule has 2 amide bonds. The molecule has 0 aliphatic rings. The van der Waals surface area contributed by atoms with Gasteiger partial charge in [-0.15, -0.1) is 11.8 Å². The maximum Gasteiger partial charge on any atom is 0.287 e. The zero-order chi connectivity index (χ0) is 16.7. The lowest BCUT2D eigenvalue weighted by Crippen LogP contribution is -2.39. The van der Waals surface area contributed by atoms with E-state index in [9.17, 15) is 9.59 Å². The van der Waals surface area contributed by atoms with Crippen LogP contribution in [-0.4, -0.2) is 24.4 Å². The number of carbonyl (C=O) groups is 2. The molecule has 23 heavy (non-hydrogen) atoms. The fourth-order valence-electron chi connectivity index (χ4n) is 1.94. The van der Waals surface area contributed by atoms with E-state index in [0.717, 1.165) is 10.5 Å². The van der Waals surface area contributed by atoms with Crippen molar-refractivity contribution >= 4 is 23.6 Å². The van der Waals surface area contributed by atoms with E-state index in [4.69, 9.17) is 4.42 Å². The maximum atomic E-state index is 12.1. The Morgan fingerprint density at radius 3 is 2.61 bits per heavy atom. The van der Waals surface area contributed by atoms with Gasteiger partial charge in [-0.25, -0.2) is 0 Å². The third kappa shape index (κ3) is 5.49. The Balaban J connectivity index is 1.89. The molecule has 0 bridgehead atoms. The number of benzene rings is 1. The zero-order valence-corrected chi connectivity index (χ0v) is 14.0. The lowest BCUT2D eigenvalue weighted by Gasteiger charge is -2.09. The van der Waals surface area contributed by atoms with Gasteiger partial charge in [0.15, 0.2) is 5.76 Å². The normalized spacial score (nSPS) is 10.6. The molecular formula is C17H20N2O3S. The molecule has 122 valence electrons. The zero-order valence-electron chi connectivity index (χ0n) is 13.2. The molecule has 6 heteroatoms. The smallest absolute Gasteiger partial charge is 0.287 e. The van der Waals surface area contributed by atoms with Crippen LogP contribution < -0.4 is 10.6 Å². The number of thioether (sulfide) groups is 1. The van der Waals surface area contributed by atoms with E-state index in [1.807, 2.05) is 44.2 Å². The van der Waals surface area contributed by atoms with Gasteiger partial charge in [-0.3, -0.25) is 9.59 Å². The first-order chi connectivity index (χ1) is 11.1. The van der Waals surface area contributed by atoms with Crippen LogP contribution in [0.3, 0.4) is 0 Å². The molecule has 1 aromatic heterocycles. The molecule has 0 saturated heterocycles. The van der Waals surface area contributed by atoms with Gasteiger partial charge in [0.2, 0.25) is 5.91 Å². The Morgan fingerprint density at radius 1 is 1.17 bits per heavy atom. The van der Waals surface area contributed by atoms with Crippen LogP contribution in [-0.2, 0) is 10.5 Å². The van der Waals surface area contributed by atoms with Crippen molar-refractivity contribution in [3.8, 4) is 0 Å². The van der Waals surface area contributed by atoms with Crippen molar-refractivity contribution in [3.63, 3.8) is 0 Å². The van der Waals surface area contributed by atoms with E-state index in [0.29, 0.717) is 5.75 Å². The summed E-state index contributed by atoms with van der Waals surface area (Å²) in [6, 6.07) is 11.8. The Morgan fingerprint density at radius 2 is 1.91 bits per heavy atom. The summed E-state index contributed by atoms with van der Waals surface area (Å²) < 4.78 is 5.27. The fraction of sp³-hybridized carbons (Fsp3) is 0.294. The molecule has 0 radical (unpaired) electrons. The van der Waals surface area contributed by atoms with Crippen molar-refractivity contribution in [1.29, 1.82) is 0 Å². The average molecular weight is 332 g/mol. The van der Waals surface area contributed by atoms with E-state index in [-0.39, 0.29) is 30.2 Å². The van der Waals surface area contributed by atoms with Crippen molar-refractivity contribution in [2.24, 2.45) is 0 Å². The Hall–Kier alpha value is -2.21. The highest BCUT2D eigenvalue weighted by Gasteiger charge is 2.16. The molecule has 0 aliphatic carbocycles. The predicted molar refractivity (Wildman–Crippen MR) is 90.3 cm³/mol. The van der Waals surface area contributed by atoms with Gasteiger partial charge < -0.3 is 15.1 Å². The molecule has 0 unspecified atom stereocenters. The molecule has 2 rings (SSSR count). The van der Waals surface area contributed by atoms with Crippen LogP contribution in [0.2, 0.25) is 0 Å². The molecule has 0 atom stereocenters. The summed E-state index contributed by atoms with van der Waals surface area (Å²) in [5.74, 6) is 0.282. The van der Waals surface area contributed by atoms with E-state index >= 15 is 0 Å². The van der Waals surface area contributed by atoms with Crippen molar-refractivity contribution in [1.82, 2.24) is 10.6 Å². The summed E-state index contributed by atoms with van der Waals surface area (Å²) in [5.41, 5.74) is 0.806. The minimum atomic E-state index is -0.377. The van der Waals surface area contributed by atoms with E-state index in [1.165, 1.54) is 6.26 Å².